The maximum atomic E-state index is 10.8. The second-order valence-electron chi connectivity index (χ2n) is 5.85. The molecular weight excluding hydrogens is 427 g/mol. The van der Waals surface area contributed by atoms with Gasteiger partial charge in [0.15, 0.2) is 0 Å². The van der Waals surface area contributed by atoms with Crippen molar-refractivity contribution in [2.75, 3.05) is 0 Å². The molecule has 0 radical (unpaired) electrons. The molecule has 6 heteroatoms. The standard InChI is InChI=1S/C17H20IO4S/c1-12(2)10-14-5-7-15(8-6-14)16-11-13(3)4-9-17(16)18-22-23(19,20)21/h4-9,11-12H,10H2,1-3H3,(H,19,20,21)/q-1. The topological polar surface area (TPSA) is 63.6 Å². The van der Waals surface area contributed by atoms with Gasteiger partial charge in [-0.3, -0.25) is 0 Å². The molecule has 126 valence electrons. The van der Waals surface area contributed by atoms with E-state index in [9.17, 15) is 8.42 Å². The number of benzene rings is 2. The van der Waals surface area contributed by atoms with E-state index in [1.807, 2.05) is 37.3 Å². The van der Waals surface area contributed by atoms with Crippen molar-refractivity contribution in [3.8, 4) is 11.1 Å². The van der Waals surface area contributed by atoms with Crippen LogP contribution in [-0.4, -0.2) is 13.0 Å². The van der Waals surface area contributed by atoms with Gasteiger partial charge in [0.25, 0.3) is 0 Å². The molecule has 2 aromatic rings. The van der Waals surface area contributed by atoms with Crippen LogP contribution in [0.1, 0.15) is 25.0 Å². The van der Waals surface area contributed by atoms with E-state index in [1.165, 1.54) is 5.56 Å². The Hall–Kier alpha value is -0.960. The Balaban J connectivity index is 2.32. The molecule has 0 fully saturated rings. The third-order valence-electron chi connectivity index (χ3n) is 3.22. The minimum absolute atomic E-state index is 0.601. The summed E-state index contributed by atoms with van der Waals surface area (Å²) in [6, 6.07) is 14.1. The van der Waals surface area contributed by atoms with Crippen LogP contribution in [0.15, 0.2) is 42.5 Å². The summed E-state index contributed by atoms with van der Waals surface area (Å²) in [6.45, 7) is 6.36. The van der Waals surface area contributed by atoms with E-state index in [-0.39, 0.29) is 0 Å². The van der Waals surface area contributed by atoms with Gasteiger partial charge in [0.2, 0.25) is 0 Å². The Morgan fingerprint density at radius 1 is 1.13 bits per heavy atom. The molecule has 0 saturated heterocycles. The second-order valence-corrected chi connectivity index (χ2v) is 9.51. The molecule has 0 aromatic heterocycles. The Labute approximate surface area is 148 Å². The van der Waals surface area contributed by atoms with Gasteiger partial charge in [-0.1, -0.05) is 0 Å². The Morgan fingerprint density at radius 2 is 1.78 bits per heavy atom. The summed E-state index contributed by atoms with van der Waals surface area (Å²) in [6.07, 6.45) is 1.03. The van der Waals surface area contributed by atoms with Crippen LogP contribution in [0.3, 0.4) is 0 Å². The van der Waals surface area contributed by atoms with Crippen molar-refractivity contribution in [2.24, 2.45) is 5.92 Å². The van der Waals surface area contributed by atoms with Crippen LogP contribution in [0.4, 0.5) is 0 Å². The Bertz CT molecular complexity index is 768. The third-order valence-corrected chi connectivity index (χ3v) is 6.76. The number of hydrogen-bond acceptors (Lipinski definition) is 3. The summed E-state index contributed by atoms with van der Waals surface area (Å²) in [7, 11) is -4.40. The van der Waals surface area contributed by atoms with Crippen molar-refractivity contribution in [3.05, 3.63) is 57.2 Å². The normalized spacial score (nSPS) is 12.0. The number of aryl methyl sites for hydroxylation is 1. The zero-order valence-electron chi connectivity index (χ0n) is 13.3. The molecule has 4 nitrogen and oxygen atoms in total. The van der Waals surface area contributed by atoms with E-state index < -0.39 is 32.0 Å². The Morgan fingerprint density at radius 3 is 2.35 bits per heavy atom. The van der Waals surface area contributed by atoms with Gasteiger partial charge in [-0.05, 0) is 0 Å². The van der Waals surface area contributed by atoms with E-state index >= 15 is 0 Å². The first-order valence-electron chi connectivity index (χ1n) is 7.25. The fourth-order valence-electron chi connectivity index (χ4n) is 2.29. The predicted octanol–water partition coefficient (Wildman–Crippen LogP) is 0.854. The summed E-state index contributed by atoms with van der Waals surface area (Å²) in [5, 5.41) is 0. The van der Waals surface area contributed by atoms with Gasteiger partial charge in [-0.25, -0.2) is 0 Å². The average Bonchev–Trinajstić information content (AvgIpc) is 2.45. The van der Waals surface area contributed by atoms with Crippen LogP contribution in [0, 0.1) is 16.4 Å². The molecule has 23 heavy (non-hydrogen) atoms. The number of halogens is 1. The summed E-state index contributed by atoms with van der Waals surface area (Å²) in [4.78, 5) is 0. The molecule has 0 unspecified atom stereocenters. The predicted molar refractivity (Wildman–Crippen MR) is 86.5 cm³/mol. The number of rotatable bonds is 6. The maximum absolute atomic E-state index is 10.8. The van der Waals surface area contributed by atoms with Crippen LogP contribution in [-0.2, 0) is 19.3 Å². The molecular formula is C17H20IO4S-. The average molecular weight is 447 g/mol. The molecule has 0 amide bonds. The monoisotopic (exact) mass is 447 g/mol. The van der Waals surface area contributed by atoms with Crippen LogP contribution < -0.4 is 21.6 Å². The summed E-state index contributed by atoms with van der Waals surface area (Å²) in [5.41, 5.74) is 4.35. The molecule has 0 aliphatic rings. The zero-order valence-corrected chi connectivity index (χ0v) is 16.3. The molecule has 0 heterocycles. The van der Waals surface area contributed by atoms with Crippen LogP contribution in [0.25, 0.3) is 11.1 Å². The first kappa shape index (κ1) is 18.4. The molecule has 2 rings (SSSR count). The van der Waals surface area contributed by atoms with E-state index in [0.29, 0.717) is 5.92 Å². The van der Waals surface area contributed by atoms with Gasteiger partial charge < -0.3 is 0 Å². The molecule has 0 bridgehead atoms. The SMILES string of the molecule is Cc1ccc([I-]OS(=O)(=O)O)c(-c2ccc(CC(C)C)cc2)c1. The summed E-state index contributed by atoms with van der Waals surface area (Å²) < 4.78 is 35.9. The molecule has 1 N–H and O–H groups in total. The molecule has 0 aliphatic heterocycles. The second kappa shape index (κ2) is 7.74. The number of hydrogen-bond donors (Lipinski definition) is 1. The first-order chi connectivity index (χ1) is 10.7. The fraction of sp³-hybridized carbons (Fsp3) is 0.294. The molecule has 0 atom stereocenters. The van der Waals surface area contributed by atoms with Gasteiger partial charge in [-0.2, -0.15) is 0 Å². The van der Waals surface area contributed by atoms with E-state index in [4.69, 9.17) is 4.55 Å². The van der Waals surface area contributed by atoms with Crippen molar-refractivity contribution in [2.45, 2.75) is 27.2 Å². The zero-order chi connectivity index (χ0) is 17.0. The van der Waals surface area contributed by atoms with Gasteiger partial charge >= 0.3 is 149 Å². The van der Waals surface area contributed by atoms with Crippen molar-refractivity contribution in [3.63, 3.8) is 0 Å². The van der Waals surface area contributed by atoms with Gasteiger partial charge in [-0.15, -0.1) is 0 Å². The molecule has 2 aromatic carbocycles. The van der Waals surface area contributed by atoms with Crippen LogP contribution in [0.2, 0.25) is 0 Å². The van der Waals surface area contributed by atoms with Gasteiger partial charge in [0.05, 0.1) is 0 Å². The van der Waals surface area contributed by atoms with E-state index in [2.05, 4.69) is 28.5 Å². The minimum atomic E-state index is -4.40. The van der Waals surface area contributed by atoms with Crippen molar-refractivity contribution in [1.82, 2.24) is 0 Å². The third kappa shape index (κ3) is 5.87. The Kier molecular flexibility index (Phi) is 6.19. The summed E-state index contributed by atoms with van der Waals surface area (Å²) in [5.74, 6) is 0.601. The molecule has 0 aliphatic carbocycles. The van der Waals surface area contributed by atoms with E-state index in [0.717, 1.165) is 26.7 Å². The van der Waals surface area contributed by atoms with Crippen molar-refractivity contribution < 1.29 is 37.1 Å². The summed E-state index contributed by atoms with van der Waals surface area (Å²) >= 11 is -1.28. The quantitative estimate of drug-likeness (QED) is 0.527. The van der Waals surface area contributed by atoms with Crippen LogP contribution >= 0.6 is 0 Å². The van der Waals surface area contributed by atoms with Gasteiger partial charge in [0.1, 0.15) is 0 Å². The fourth-order valence-corrected chi connectivity index (χ4v) is 4.73. The van der Waals surface area contributed by atoms with Crippen LogP contribution in [0.5, 0.6) is 0 Å². The van der Waals surface area contributed by atoms with E-state index in [1.54, 1.807) is 0 Å². The van der Waals surface area contributed by atoms with Gasteiger partial charge in [0, 0.05) is 0 Å². The molecule has 0 saturated carbocycles. The first-order valence-corrected chi connectivity index (χ1v) is 10.6. The van der Waals surface area contributed by atoms with Crippen molar-refractivity contribution in [1.29, 1.82) is 0 Å². The molecule has 0 spiro atoms. The van der Waals surface area contributed by atoms with Crippen molar-refractivity contribution >= 4 is 10.4 Å².